The maximum atomic E-state index is 14.9. The van der Waals surface area contributed by atoms with Gasteiger partial charge in [-0.1, -0.05) is 23.7 Å². The number of hydrogen-bond donors (Lipinski definition) is 1. The van der Waals surface area contributed by atoms with Gasteiger partial charge in [0.05, 0.1) is 21.7 Å². The van der Waals surface area contributed by atoms with E-state index in [4.69, 9.17) is 16.7 Å². The number of nitrogens with zero attached hydrogens (tertiary/aromatic N) is 3. The number of carbonyl (C=O) groups is 3. The van der Waals surface area contributed by atoms with Crippen LogP contribution in [0.3, 0.4) is 0 Å². The number of carbonyl (C=O) groups excluding carboxylic acids is 2. The molecule has 0 bridgehead atoms. The summed E-state index contributed by atoms with van der Waals surface area (Å²) in [6.07, 6.45) is 0. The summed E-state index contributed by atoms with van der Waals surface area (Å²) in [5.74, 6) is -2.79. The SMILES string of the molecule is CC(=O)N(C)c1ccc2c(-c3ccc(C(=O)O)cc3F)nn(C(=O)c3c(C)cccc3Cl)c2c1. The fourth-order valence-electron chi connectivity index (χ4n) is 3.70. The summed E-state index contributed by atoms with van der Waals surface area (Å²) < 4.78 is 16.1. The van der Waals surface area contributed by atoms with Crippen molar-refractivity contribution in [2.45, 2.75) is 13.8 Å². The van der Waals surface area contributed by atoms with E-state index in [1.54, 1.807) is 50.4 Å². The van der Waals surface area contributed by atoms with Crippen LogP contribution in [0.15, 0.2) is 54.6 Å². The Bertz CT molecular complexity index is 1480. The van der Waals surface area contributed by atoms with E-state index in [0.717, 1.165) is 10.7 Å². The number of aromatic nitrogens is 2. The van der Waals surface area contributed by atoms with E-state index in [-0.39, 0.29) is 33.3 Å². The maximum Gasteiger partial charge on any atom is 0.335 e. The minimum absolute atomic E-state index is 0.0325. The largest absolute Gasteiger partial charge is 0.478 e. The van der Waals surface area contributed by atoms with Gasteiger partial charge in [0.2, 0.25) is 5.91 Å². The Balaban J connectivity index is 2.00. The fourth-order valence-corrected chi connectivity index (χ4v) is 4.00. The van der Waals surface area contributed by atoms with Gasteiger partial charge < -0.3 is 10.0 Å². The molecule has 172 valence electrons. The van der Waals surface area contributed by atoms with Gasteiger partial charge in [0, 0.05) is 30.6 Å². The molecule has 4 rings (SSSR count). The zero-order chi connectivity index (χ0) is 24.7. The molecule has 1 heterocycles. The number of hydrogen-bond acceptors (Lipinski definition) is 4. The molecule has 0 saturated carbocycles. The molecule has 1 aromatic heterocycles. The quantitative estimate of drug-likeness (QED) is 0.435. The molecule has 0 spiro atoms. The van der Waals surface area contributed by atoms with Gasteiger partial charge in [-0.3, -0.25) is 9.59 Å². The average Bonchev–Trinajstić information content (AvgIpc) is 3.16. The van der Waals surface area contributed by atoms with Crippen LogP contribution in [-0.2, 0) is 4.79 Å². The fraction of sp³-hybridized carbons (Fsp3) is 0.120. The number of rotatable bonds is 4. The van der Waals surface area contributed by atoms with Gasteiger partial charge in [-0.2, -0.15) is 9.78 Å². The molecule has 4 aromatic rings. The second-order valence-electron chi connectivity index (χ2n) is 7.78. The van der Waals surface area contributed by atoms with Crippen molar-refractivity contribution in [2.75, 3.05) is 11.9 Å². The molecule has 0 unspecified atom stereocenters. The van der Waals surface area contributed by atoms with Crippen molar-refractivity contribution in [3.63, 3.8) is 0 Å². The zero-order valence-corrected chi connectivity index (χ0v) is 19.2. The van der Waals surface area contributed by atoms with E-state index in [1.807, 2.05) is 0 Å². The third kappa shape index (κ3) is 3.92. The molecule has 0 atom stereocenters. The lowest BCUT2D eigenvalue weighted by molar-refractivity contribution is -0.116. The first kappa shape index (κ1) is 23.1. The standard InChI is InChI=1S/C25H19ClFN3O4/c1-13-5-4-6-19(26)22(13)24(32)30-21-12-16(29(3)14(2)31)8-10-18(21)23(28-30)17-9-7-15(25(33)34)11-20(17)27/h4-12H,1-3H3,(H,33,34). The minimum Gasteiger partial charge on any atom is -0.478 e. The van der Waals surface area contributed by atoms with Crippen LogP contribution in [0, 0.1) is 12.7 Å². The molecule has 9 heteroatoms. The van der Waals surface area contributed by atoms with E-state index in [9.17, 15) is 18.8 Å². The van der Waals surface area contributed by atoms with E-state index >= 15 is 0 Å². The van der Waals surface area contributed by atoms with E-state index in [2.05, 4.69) is 5.10 Å². The van der Waals surface area contributed by atoms with Crippen LogP contribution >= 0.6 is 11.6 Å². The van der Waals surface area contributed by atoms with Gasteiger partial charge in [0.15, 0.2) is 0 Å². The second-order valence-corrected chi connectivity index (χ2v) is 8.18. The van der Waals surface area contributed by atoms with E-state index in [0.29, 0.717) is 22.2 Å². The van der Waals surface area contributed by atoms with Crippen LogP contribution in [0.5, 0.6) is 0 Å². The lowest BCUT2D eigenvalue weighted by atomic mass is 10.0. The molecular formula is C25H19ClFN3O4. The molecule has 0 fully saturated rings. The molecule has 1 N–H and O–H groups in total. The molecule has 0 radical (unpaired) electrons. The van der Waals surface area contributed by atoms with E-state index in [1.165, 1.54) is 24.0 Å². The highest BCUT2D eigenvalue weighted by molar-refractivity contribution is 6.34. The summed E-state index contributed by atoms with van der Waals surface area (Å²) in [6, 6.07) is 13.4. The number of aryl methyl sites for hydroxylation is 1. The Morgan fingerprint density at radius 2 is 1.82 bits per heavy atom. The summed E-state index contributed by atoms with van der Waals surface area (Å²) >= 11 is 6.31. The van der Waals surface area contributed by atoms with Gasteiger partial charge in [-0.25, -0.2) is 9.18 Å². The lowest BCUT2D eigenvalue weighted by Crippen LogP contribution is -2.22. The Hall–Kier alpha value is -4.04. The van der Waals surface area contributed by atoms with Crippen molar-refractivity contribution in [1.29, 1.82) is 0 Å². The molecule has 0 aliphatic carbocycles. The predicted molar refractivity (Wildman–Crippen MR) is 127 cm³/mol. The summed E-state index contributed by atoms with van der Waals surface area (Å²) in [7, 11) is 1.59. The van der Waals surface area contributed by atoms with E-state index < -0.39 is 17.7 Å². The van der Waals surface area contributed by atoms with Crippen molar-refractivity contribution in [3.05, 3.63) is 82.1 Å². The molecule has 3 aromatic carbocycles. The Kier molecular flexibility index (Phi) is 5.93. The predicted octanol–water partition coefficient (Wildman–Crippen LogP) is 5.17. The van der Waals surface area contributed by atoms with Gasteiger partial charge in [0.1, 0.15) is 11.5 Å². The second kappa shape index (κ2) is 8.72. The summed E-state index contributed by atoms with van der Waals surface area (Å²) in [5, 5.41) is 14.3. The number of benzene rings is 3. The molecule has 34 heavy (non-hydrogen) atoms. The normalized spacial score (nSPS) is 11.0. The first-order valence-electron chi connectivity index (χ1n) is 10.2. The van der Waals surface area contributed by atoms with Crippen molar-refractivity contribution in [3.8, 4) is 11.3 Å². The van der Waals surface area contributed by atoms with Gasteiger partial charge >= 0.3 is 5.97 Å². The summed E-state index contributed by atoms with van der Waals surface area (Å²) in [4.78, 5) is 38.1. The topological polar surface area (TPSA) is 92.5 Å². The Morgan fingerprint density at radius 1 is 1.09 bits per heavy atom. The molecule has 0 saturated heterocycles. The van der Waals surface area contributed by atoms with Crippen LogP contribution in [-0.4, -0.2) is 39.7 Å². The Morgan fingerprint density at radius 3 is 2.44 bits per heavy atom. The highest BCUT2D eigenvalue weighted by Gasteiger charge is 2.24. The smallest absolute Gasteiger partial charge is 0.335 e. The third-order valence-corrected chi connectivity index (χ3v) is 5.94. The molecule has 0 aliphatic heterocycles. The van der Waals surface area contributed by atoms with Crippen LogP contribution in [0.2, 0.25) is 5.02 Å². The number of anilines is 1. The lowest BCUT2D eigenvalue weighted by Gasteiger charge is -2.15. The zero-order valence-electron chi connectivity index (χ0n) is 18.5. The maximum absolute atomic E-state index is 14.9. The van der Waals surface area contributed by atoms with Crippen molar-refractivity contribution in [2.24, 2.45) is 0 Å². The Labute approximate surface area is 199 Å². The highest BCUT2D eigenvalue weighted by Crippen LogP contribution is 2.34. The minimum atomic E-state index is -1.26. The number of carboxylic acid groups (broad SMARTS) is 1. The van der Waals surface area contributed by atoms with Crippen LogP contribution < -0.4 is 4.90 Å². The third-order valence-electron chi connectivity index (χ3n) is 5.62. The van der Waals surface area contributed by atoms with Gasteiger partial charge in [-0.05, 0) is 55.0 Å². The number of amides is 1. The summed E-state index contributed by atoms with van der Waals surface area (Å²) in [6.45, 7) is 3.15. The number of halogens is 2. The van der Waals surface area contributed by atoms with Gasteiger partial charge in [0.25, 0.3) is 5.91 Å². The molecule has 1 amide bonds. The molecule has 0 aliphatic rings. The first-order valence-corrected chi connectivity index (χ1v) is 10.6. The van der Waals surface area contributed by atoms with Crippen LogP contribution in [0.4, 0.5) is 10.1 Å². The summed E-state index contributed by atoms with van der Waals surface area (Å²) in [5.41, 5.74) is 1.70. The number of fused-ring (bicyclic) bond motifs is 1. The molecule has 7 nitrogen and oxygen atoms in total. The van der Waals surface area contributed by atoms with Crippen molar-refractivity contribution >= 4 is 46.0 Å². The first-order chi connectivity index (χ1) is 16.1. The van der Waals surface area contributed by atoms with Gasteiger partial charge in [-0.15, -0.1) is 0 Å². The average molecular weight is 480 g/mol. The van der Waals surface area contributed by atoms with Crippen molar-refractivity contribution in [1.82, 2.24) is 9.78 Å². The molecular weight excluding hydrogens is 461 g/mol. The number of carboxylic acids is 1. The van der Waals surface area contributed by atoms with Crippen LogP contribution in [0.1, 0.15) is 33.2 Å². The number of aromatic carboxylic acids is 1. The highest BCUT2D eigenvalue weighted by atomic mass is 35.5. The monoisotopic (exact) mass is 479 g/mol. The van der Waals surface area contributed by atoms with Crippen molar-refractivity contribution < 1.29 is 23.9 Å². The van der Waals surface area contributed by atoms with Crippen LogP contribution in [0.25, 0.3) is 22.2 Å².